The molecule has 0 heterocycles. The second-order valence-corrected chi connectivity index (χ2v) is 6.86. The van der Waals surface area contributed by atoms with Crippen molar-refractivity contribution in [3.8, 4) is 0 Å². The van der Waals surface area contributed by atoms with Gasteiger partial charge in [0.15, 0.2) is 0 Å². The molecule has 0 aliphatic heterocycles. The molecular formula is C21H24N2O. The Morgan fingerprint density at radius 1 is 1.08 bits per heavy atom. The zero-order chi connectivity index (χ0) is 16.9. The second kappa shape index (κ2) is 7.43. The molecule has 0 saturated heterocycles. The lowest BCUT2D eigenvalue weighted by Gasteiger charge is -2.10. The lowest BCUT2D eigenvalue weighted by Crippen LogP contribution is -2.22. The van der Waals surface area contributed by atoms with Gasteiger partial charge in [0.1, 0.15) is 0 Å². The number of hydrogen-bond donors (Lipinski definition) is 1. The third kappa shape index (κ3) is 4.10. The highest BCUT2D eigenvalue weighted by atomic mass is 16.2. The topological polar surface area (TPSA) is 41.5 Å². The van der Waals surface area contributed by atoms with Crippen LogP contribution in [0, 0.1) is 11.8 Å². The summed E-state index contributed by atoms with van der Waals surface area (Å²) in [6.07, 6.45) is 1.76. The summed E-state index contributed by atoms with van der Waals surface area (Å²) in [6, 6.07) is 20.3. The first-order valence-electron chi connectivity index (χ1n) is 8.62. The maximum Gasteiger partial charge on any atom is 0.243 e. The van der Waals surface area contributed by atoms with Gasteiger partial charge >= 0.3 is 0 Å². The van der Waals surface area contributed by atoms with E-state index >= 15 is 0 Å². The maximum absolute atomic E-state index is 12.4. The molecule has 2 atom stereocenters. The van der Waals surface area contributed by atoms with Crippen LogP contribution in [0.5, 0.6) is 0 Å². The molecule has 0 radical (unpaired) electrons. The van der Waals surface area contributed by atoms with Crippen LogP contribution in [0.1, 0.15) is 43.7 Å². The SMILES string of the molecule is CC(C)C/C(=N/NC(=O)C1CC1c1ccccc1)c1ccccc1. The minimum absolute atomic E-state index is 0.0287. The first-order chi connectivity index (χ1) is 11.6. The monoisotopic (exact) mass is 320 g/mol. The van der Waals surface area contributed by atoms with E-state index < -0.39 is 0 Å². The molecular weight excluding hydrogens is 296 g/mol. The third-order valence-electron chi connectivity index (χ3n) is 4.36. The number of carbonyl (C=O) groups is 1. The van der Waals surface area contributed by atoms with Gasteiger partial charge in [-0.2, -0.15) is 5.10 Å². The number of hydrazone groups is 1. The lowest BCUT2D eigenvalue weighted by atomic mass is 10.0. The summed E-state index contributed by atoms with van der Waals surface area (Å²) in [6.45, 7) is 4.32. The molecule has 3 heteroatoms. The van der Waals surface area contributed by atoms with Gasteiger partial charge in [0.2, 0.25) is 5.91 Å². The van der Waals surface area contributed by atoms with Gasteiger partial charge < -0.3 is 0 Å². The molecule has 0 bridgehead atoms. The molecule has 2 aromatic rings. The van der Waals surface area contributed by atoms with Crippen molar-refractivity contribution in [2.75, 3.05) is 0 Å². The van der Waals surface area contributed by atoms with Gasteiger partial charge in [0, 0.05) is 5.92 Å². The zero-order valence-corrected chi connectivity index (χ0v) is 14.3. The van der Waals surface area contributed by atoms with E-state index in [4.69, 9.17) is 0 Å². The van der Waals surface area contributed by atoms with Crippen LogP contribution >= 0.6 is 0 Å². The molecule has 1 aliphatic carbocycles. The van der Waals surface area contributed by atoms with E-state index in [9.17, 15) is 4.79 Å². The van der Waals surface area contributed by atoms with Crippen LogP contribution in [0.2, 0.25) is 0 Å². The minimum atomic E-state index is 0.0287. The summed E-state index contributed by atoms with van der Waals surface area (Å²) in [5, 5.41) is 4.44. The number of rotatable bonds is 6. The summed E-state index contributed by atoms with van der Waals surface area (Å²) < 4.78 is 0. The Labute approximate surface area is 143 Å². The Morgan fingerprint density at radius 2 is 1.71 bits per heavy atom. The van der Waals surface area contributed by atoms with Crippen molar-refractivity contribution in [3.63, 3.8) is 0 Å². The summed E-state index contributed by atoms with van der Waals surface area (Å²) >= 11 is 0. The molecule has 1 amide bonds. The van der Waals surface area contributed by atoms with Crippen molar-refractivity contribution in [3.05, 3.63) is 71.8 Å². The number of amides is 1. The third-order valence-corrected chi connectivity index (χ3v) is 4.36. The molecule has 0 aromatic heterocycles. The number of nitrogens with one attached hydrogen (secondary N) is 1. The fourth-order valence-electron chi connectivity index (χ4n) is 3.00. The predicted molar refractivity (Wildman–Crippen MR) is 97.9 cm³/mol. The second-order valence-electron chi connectivity index (χ2n) is 6.86. The molecule has 3 rings (SSSR count). The molecule has 2 aromatic carbocycles. The molecule has 1 aliphatic rings. The fourth-order valence-corrected chi connectivity index (χ4v) is 3.00. The van der Waals surface area contributed by atoms with E-state index in [-0.39, 0.29) is 11.8 Å². The van der Waals surface area contributed by atoms with Crippen LogP contribution in [0.3, 0.4) is 0 Å². The molecule has 1 saturated carbocycles. The largest absolute Gasteiger partial charge is 0.273 e. The Kier molecular flexibility index (Phi) is 5.09. The smallest absolute Gasteiger partial charge is 0.243 e. The highest BCUT2D eigenvalue weighted by Gasteiger charge is 2.43. The quantitative estimate of drug-likeness (QED) is 0.623. The average Bonchev–Trinajstić information content (AvgIpc) is 3.40. The lowest BCUT2D eigenvalue weighted by molar-refractivity contribution is -0.122. The highest BCUT2D eigenvalue weighted by molar-refractivity contribution is 6.01. The maximum atomic E-state index is 12.4. The van der Waals surface area contributed by atoms with Crippen molar-refractivity contribution in [2.24, 2.45) is 16.9 Å². The highest BCUT2D eigenvalue weighted by Crippen LogP contribution is 2.47. The number of carbonyl (C=O) groups excluding carboxylic acids is 1. The standard InChI is InChI=1S/C21H24N2O/c1-15(2)13-20(17-11-7-4-8-12-17)22-23-21(24)19-14-18(19)16-9-5-3-6-10-16/h3-12,15,18-19H,13-14H2,1-2H3,(H,23,24)/b22-20-. The van der Waals surface area contributed by atoms with Crippen LogP contribution in [-0.2, 0) is 4.79 Å². The molecule has 2 unspecified atom stereocenters. The Bertz CT molecular complexity index is 707. The van der Waals surface area contributed by atoms with E-state index in [1.165, 1.54) is 5.56 Å². The number of hydrogen-bond acceptors (Lipinski definition) is 2. The van der Waals surface area contributed by atoms with Crippen LogP contribution < -0.4 is 5.43 Å². The van der Waals surface area contributed by atoms with E-state index in [1.807, 2.05) is 48.5 Å². The van der Waals surface area contributed by atoms with Gasteiger partial charge in [-0.15, -0.1) is 0 Å². The van der Waals surface area contributed by atoms with E-state index in [1.54, 1.807) is 0 Å². The zero-order valence-electron chi connectivity index (χ0n) is 14.3. The Morgan fingerprint density at radius 3 is 2.33 bits per heavy atom. The van der Waals surface area contributed by atoms with Gasteiger partial charge in [-0.3, -0.25) is 4.79 Å². The van der Waals surface area contributed by atoms with Gasteiger partial charge in [0.05, 0.1) is 5.71 Å². The van der Waals surface area contributed by atoms with Crippen LogP contribution in [-0.4, -0.2) is 11.6 Å². The first kappa shape index (κ1) is 16.4. The molecule has 1 fully saturated rings. The molecule has 24 heavy (non-hydrogen) atoms. The summed E-state index contributed by atoms with van der Waals surface area (Å²) in [7, 11) is 0. The molecule has 0 spiro atoms. The summed E-state index contributed by atoms with van der Waals surface area (Å²) in [5.74, 6) is 0.902. The first-order valence-corrected chi connectivity index (χ1v) is 8.62. The van der Waals surface area contributed by atoms with Gasteiger partial charge in [0.25, 0.3) is 0 Å². The van der Waals surface area contributed by atoms with Crippen LogP contribution in [0.25, 0.3) is 0 Å². The molecule has 3 nitrogen and oxygen atoms in total. The molecule has 1 N–H and O–H groups in total. The van der Waals surface area contributed by atoms with E-state index in [0.717, 1.165) is 24.1 Å². The van der Waals surface area contributed by atoms with Crippen molar-refractivity contribution < 1.29 is 4.79 Å². The average molecular weight is 320 g/mol. The van der Waals surface area contributed by atoms with E-state index in [2.05, 4.69) is 36.5 Å². The van der Waals surface area contributed by atoms with Crippen molar-refractivity contribution in [2.45, 2.75) is 32.6 Å². The van der Waals surface area contributed by atoms with Crippen molar-refractivity contribution in [1.82, 2.24) is 5.43 Å². The Hall–Kier alpha value is -2.42. The van der Waals surface area contributed by atoms with E-state index in [0.29, 0.717) is 11.8 Å². The minimum Gasteiger partial charge on any atom is -0.273 e. The van der Waals surface area contributed by atoms with Crippen LogP contribution in [0.4, 0.5) is 0 Å². The van der Waals surface area contributed by atoms with Gasteiger partial charge in [-0.05, 0) is 35.8 Å². The summed E-state index contributed by atoms with van der Waals surface area (Å²) in [4.78, 5) is 12.4. The predicted octanol–water partition coefficient (Wildman–Crippen LogP) is 4.36. The normalized spacial score (nSPS) is 20.0. The van der Waals surface area contributed by atoms with Gasteiger partial charge in [-0.1, -0.05) is 74.5 Å². The Balaban J connectivity index is 1.65. The van der Waals surface area contributed by atoms with Crippen molar-refractivity contribution in [1.29, 1.82) is 0 Å². The number of nitrogens with zero attached hydrogens (tertiary/aromatic N) is 1. The fraction of sp³-hybridized carbons (Fsp3) is 0.333. The van der Waals surface area contributed by atoms with Crippen molar-refractivity contribution >= 4 is 11.6 Å². The molecule has 124 valence electrons. The summed E-state index contributed by atoms with van der Waals surface area (Å²) in [5.41, 5.74) is 6.05. The van der Waals surface area contributed by atoms with Gasteiger partial charge in [-0.25, -0.2) is 5.43 Å². The number of benzene rings is 2. The van der Waals surface area contributed by atoms with Crippen LogP contribution in [0.15, 0.2) is 65.8 Å².